The second-order valence-corrected chi connectivity index (χ2v) is 7.55. The van der Waals surface area contributed by atoms with Crippen molar-refractivity contribution in [3.8, 4) is 5.69 Å². The zero-order chi connectivity index (χ0) is 19.0. The molecule has 0 bridgehead atoms. The second kappa shape index (κ2) is 7.04. The van der Waals surface area contributed by atoms with E-state index in [4.69, 9.17) is 0 Å². The van der Waals surface area contributed by atoms with Gasteiger partial charge in [-0.2, -0.15) is 0 Å². The van der Waals surface area contributed by atoms with Crippen LogP contribution in [-0.4, -0.2) is 20.4 Å². The number of halogens is 1. The number of carbonyl (C=O) groups excluding carboxylic acids is 1. The molecule has 0 aliphatic carbocycles. The third-order valence-electron chi connectivity index (χ3n) is 4.66. The number of nitrogens with zero attached hydrogens (tertiary/aromatic N) is 2. The van der Waals surface area contributed by atoms with E-state index < -0.39 is 0 Å². The van der Waals surface area contributed by atoms with Gasteiger partial charge < -0.3 is 14.9 Å². The largest absolute Gasteiger partial charge is 0.350 e. The molecule has 0 radical (unpaired) electrons. The van der Waals surface area contributed by atoms with Crippen LogP contribution < -0.4 is 5.32 Å². The van der Waals surface area contributed by atoms with E-state index in [-0.39, 0.29) is 11.9 Å². The van der Waals surface area contributed by atoms with Crippen molar-refractivity contribution in [2.24, 2.45) is 0 Å². The monoisotopic (exact) mass is 422 g/mol. The smallest absolute Gasteiger partial charge is 0.268 e. The molecule has 2 heterocycles. The molecule has 0 spiro atoms. The molecule has 5 nitrogen and oxygen atoms in total. The lowest BCUT2D eigenvalue weighted by atomic mass is 10.1. The van der Waals surface area contributed by atoms with E-state index in [1.807, 2.05) is 61.0 Å². The molecule has 0 fully saturated rings. The van der Waals surface area contributed by atoms with E-state index in [1.54, 1.807) is 12.5 Å². The van der Waals surface area contributed by atoms with Crippen LogP contribution in [-0.2, 0) is 0 Å². The third kappa shape index (κ3) is 3.53. The Balaban J connectivity index is 1.56. The second-order valence-electron chi connectivity index (χ2n) is 6.63. The van der Waals surface area contributed by atoms with Gasteiger partial charge in [-0.05, 0) is 55.3 Å². The molecule has 2 aromatic carbocycles. The zero-order valence-electron chi connectivity index (χ0n) is 15.0. The molecular formula is C21H19BrN4O. The number of amides is 1. The number of aryl methyl sites for hydroxylation is 1. The van der Waals surface area contributed by atoms with Gasteiger partial charge in [-0.15, -0.1) is 0 Å². The first-order valence-electron chi connectivity index (χ1n) is 8.69. The van der Waals surface area contributed by atoms with Gasteiger partial charge in [0.05, 0.1) is 12.4 Å². The Kier molecular flexibility index (Phi) is 4.58. The lowest BCUT2D eigenvalue weighted by molar-refractivity contribution is 0.0935. The van der Waals surface area contributed by atoms with E-state index in [2.05, 4.69) is 37.3 Å². The average Bonchev–Trinajstić information content (AvgIpc) is 3.31. The van der Waals surface area contributed by atoms with Crippen LogP contribution in [0.3, 0.4) is 0 Å². The number of fused-ring (bicyclic) bond motifs is 1. The lowest BCUT2D eigenvalue weighted by Gasteiger charge is -2.15. The Labute approximate surface area is 165 Å². The minimum atomic E-state index is -0.125. The van der Waals surface area contributed by atoms with Crippen LogP contribution in [0.1, 0.15) is 34.6 Å². The number of benzene rings is 2. The standard InChI is InChI=1S/C21H19BrN4O/c1-13-8-17(22)9-16-11-19(25-20(13)16)21(27)24-14(2)15-4-3-5-18(10-15)26-7-6-23-12-26/h3-12,14,25H,1-2H3,(H,24,27). The van der Waals surface area contributed by atoms with Crippen LogP contribution in [0.5, 0.6) is 0 Å². The van der Waals surface area contributed by atoms with Crippen LogP contribution in [0.25, 0.3) is 16.6 Å². The van der Waals surface area contributed by atoms with Crippen molar-refractivity contribution in [1.29, 1.82) is 0 Å². The molecule has 2 aromatic heterocycles. The molecule has 1 amide bonds. The average molecular weight is 423 g/mol. The van der Waals surface area contributed by atoms with E-state index in [9.17, 15) is 4.79 Å². The fourth-order valence-electron chi connectivity index (χ4n) is 3.23. The van der Waals surface area contributed by atoms with Crippen molar-refractivity contribution in [2.45, 2.75) is 19.9 Å². The van der Waals surface area contributed by atoms with Crippen molar-refractivity contribution in [3.05, 3.63) is 82.5 Å². The molecule has 1 unspecified atom stereocenters. The summed E-state index contributed by atoms with van der Waals surface area (Å²) >= 11 is 3.50. The maximum Gasteiger partial charge on any atom is 0.268 e. The molecule has 4 aromatic rings. The zero-order valence-corrected chi connectivity index (χ0v) is 16.6. The van der Waals surface area contributed by atoms with Crippen LogP contribution in [0, 0.1) is 6.92 Å². The summed E-state index contributed by atoms with van der Waals surface area (Å²) in [6, 6.07) is 13.9. The summed E-state index contributed by atoms with van der Waals surface area (Å²) in [6.45, 7) is 4.00. The van der Waals surface area contributed by atoms with Crippen LogP contribution >= 0.6 is 15.9 Å². The maximum absolute atomic E-state index is 12.7. The third-order valence-corrected chi connectivity index (χ3v) is 5.11. The number of hydrogen-bond acceptors (Lipinski definition) is 2. The molecule has 0 saturated carbocycles. The minimum absolute atomic E-state index is 0.123. The highest BCUT2D eigenvalue weighted by Gasteiger charge is 2.15. The quantitative estimate of drug-likeness (QED) is 0.490. The number of imidazole rings is 1. The number of rotatable bonds is 4. The van der Waals surface area contributed by atoms with Gasteiger partial charge in [-0.3, -0.25) is 4.79 Å². The van der Waals surface area contributed by atoms with Gasteiger partial charge in [-0.1, -0.05) is 28.1 Å². The first-order valence-corrected chi connectivity index (χ1v) is 9.48. The van der Waals surface area contributed by atoms with E-state index in [1.165, 1.54) is 0 Å². The lowest BCUT2D eigenvalue weighted by Crippen LogP contribution is -2.27. The Bertz CT molecular complexity index is 1110. The van der Waals surface area contributed by atoms with Gasteiger partial charge in [-0.25, -0.2) is 4.98 Å². The van der Waals surface area contributed by atoms with Gasteiger partial charge in [0.15, 0.2) is 0 Å². The molecule has 0 saturated heterocycles. The molecule has 4 rings (SSSR count). The Morgan fingerprint density at radius 1 is 1.26 bits per heavy atom. The minimum Gasteiger partial charge on any atom is -0.350 e. The Morgan fingerprint density at radius 2 is 2.11 bits per heavy atom. The van der Waals surface area contributed by atoms with Crippen molar-refractivity contribution in [2.75, 3.05) is 0 Å². The van der Waals surface area contributed by atoms with Crippen molar-refractivity contribution in [3.63, 3.8) is 0 Å². The van der Waals surface area contributed by atoms with Gasteiger partial charge in [0.25, 0.3) is 5.91 Å². The molecule has 136 valence electrons. The van der Waals surface area contributed by atoms with Crippen LogP contribution in [0.4, 0.5) is 0 Å². The van der Waals surface area contributed by atoms with E-state index in [0.717, 1.165) is 32.2 Å². The maximum atomic E-state index is 12.7. The number of carbonyl (C=O) groups is 1. The number of H-pyrrole nitrogens is 1. The highest BCUT2D eigenvalue weighted by molar-refractivity contribution is 9.10. The fourth-order valence-corrected chi connectivity index (χ4v) is 3.82. The van der Waals surface area contributed by atoms with Crippen molar-refractivity contribution in [1.82, 2.24) is 19.9 Å². The highest BCUT2D eigenvalue weighted by atomic mass is 79.9. The molecule has 1 atom stereocenters. The molecule has 0 aliphatic rings. The van der Waals surface area contributed by atoms with Gasteiger partial charge in [0, 0.05) is 33.5 Å². The fraction of sp³-hybridized carbons (Fsp3) is 0.143. The van der Waals surface area contributed by atoms with Crippen molar-refractivity contribution < 1.29 is 4.79 Å². The molecule has 6 heteroatoms. The Hall–Kier alpha value is -2.86. The summed E-state index contributed by atoms with van der Waals surface area (Å²) in [5.41, 5.74) is 4.68. The number of nitrogens with one attached hydrogen (secondary N) is 2. The van der Waals surface area contributed by atoms with Crippen LogP contribution in [0.2, 0.25) is 0 Å². The van der Waals surface area contributed by atoms with Gasteiger partial charge >= 0.3 is 0 Å². The number of aromatic amines is 1. The normalized spacial score (nSPS) is 12.3. The number of hydrogen-bond donors (Lipinski definition) is 2. The van der Waals surface area contributed by atoms with Gasteiger partial charge in [0.2, 0.25) is 0 Å². The molecule has 27 heavy (non-hydrogen) atoms. The molecular weight excluding hydrogens is 404 g/mol. The first-order chi connectivity index (χ1) is 13.0. The summed E-state index contributed by atoms with van der Waals surface area (Å²) in [4.78, 5) is 20.1. The molecule has 2 N–H and O–H groups in total. The predicted molar refractivity (Wildman–Crippen MR) is 110 cm³/mol. The van der Waals surface area contributed by atoms with E-state index >= 15 is 0 Å². The van der Waals surface area contributed by atoms with Crippen LogP contribution in [0.15, 0.2) is 65.7 Å². The summed E-state index contributed by atoms with van der Waals surface area (Å²) in [6.07, 6.45) is 5.40. The Morgan fingerprint density at radius 3 is 2.89 bits per heavy atom. The van der Waals surface area contributed by atoms with Crippen molar-refractivity contribution >= 4 is 32.7 Å². The topological polar surface area (TPSA) is 62.7 Å². The van der Waals surface area contributed by atoms with E-state index in [0.29, 0.717) is 5.69 Å². The summed E-state index contributed by atoms with van der Waals surface area (Å²) in [7, 11) is 0. The molecule has 0 aliphatic heterocycles. The first kappa shape index (κ1) is 17.5. The summed E-state index contributed by atoms with van der Waals surface area (Å²) in [5.74, 6) is -0.123. The highest BCUT2D eigenvalue weighted by Crippen LogP contribution is 2.25. The van der Waals surface area contributed by atoms with Gasteiger partial charge in [0.1, 0.15) is 5.69 Å². The SMILES string of the molecule is Cc1cc(Br)cc2cc(C(=O)NC(C)c3cccc(-n4ccnc4)c3)[nH]c12. The summed E-state index contributed by atoms with van der Waals surface area (Å²) in [5, 5.41) is 4.09. The summed E-state index contributed by atoms with van der Waals surface area (Å²) < 4.78 is 2.94. The number of aromatic nitrogens is 3. The predicted octanol–water partition coefficient (Wildman–Crippen LogP) is 4.92.